The summed E-state index contributed by atoms with van der Waals surface area (Å²) in [6.07, 6.45) is 5.97. The molecule has 2 heterocycles. The third kappa shape index (κ3) is 6.67. The van der Waals surface area contributed by atoms with E-state index in [1.807, 2.05) is 38.7 Å². The fourth-order valence-corrected chi connectivity index (χ4v) is 5.81. The van der Waals surface area contributed by atoms with Gasteiger partial charge in [-0.15, -0.1) is 11.3 Å². The quantitative estimate of drug-likeness (QED) is 0.396. The maximum Gasteiger partial charge on any atom is 0.350 e. The average Bonchev–Trinajstić information content (AvgIpc) is 3.15. The van der Waals surface area contributed by atoms with Gasteiger partial charge >= 0.3 is 5.97 Å². The Hall–Kier alpha value is -2.33. The van der Waals surface area contributed by atoms with E-state index in [1.165, 1.54) is 18.4 Å². The van der Waals surface area contributed by atoms with Crippen molar-refractivity contribution in [2.24, 2.45) is 17.3 Å². The standard InChI is InChI=1S/C28H40N2O4S/c1-7-29-17-9-8-10-22(26(29)32)30(25(31)20-13-11-19(2)12-14-20)23-18-21(15-16-28(3,4)5)35-24(23)27(33)34-6/h18-20,22H,7-14,17H2,1-6H3/t19-,20-,22-/m1/s1. The number of ether oxygens (including phenoxy) is 1. The third-order valence-electron chi connectivity index (χ3n) is 6.95. The van der Waals surface area contributed by atoms with E-state index in [2.05, 4.69) is 18.8 Å². The fourth-order valence-electron chi connectivity index (χ4n) is 4.89. The lowest BCUT2D eigenvalue weighted by Gasteiger charge is -2.36. The number of esters is 1. The van der Waals surface area contributed by atoms with Gasteiger partial charge in [-0.3, -0.25) is 14.5 Å². The minimum Gasteiger partial charge on any atom is -0.465 e. The molecule has 0 radical (unpaired) electrons. The van der Waals surface area contributed by atoms with Gasteiger partial charge in [0.1, 0.15) is 10.9 Å². The first kappa shape index (κ1) is 27.3. The molecule has 2 aliphatic rings. The van der Waals surface area contributed by atoms with Crippen molar-refractivity contribution in [3.63, 3.8) is 0 Å². The Balaban J connectivity index is 2.12. The van der Waals surface area contributed by atoms with Gasteiger partial charge in [0.05, 0.1) is 17.7 Å². The summed E-state index contributed by atoms with van der Waals surface area (Å²) in [5, 5.41) is 0. The van der Waals surface area contributed by atoms with E-state index < -0.39 is 12.0 Å². The smallest absolute Gasteiger partial charge is 0.350 e. The highest BCUT2D eigenvalue weighted by atomic mass is 32.1. The zero-order valence-electron chi connectivity index (χ0n) is 22.1. The Bertz CT molecular complexity index is 989. The summed E-state index contributed by atoms with van der Waals surface area (Å²) in [6.45, 7) is 11.6. The van der Waals surface area contributed by atoms with Gasteiger partial charge in [-0.05, 0) is 84.6 Å². The topological polar surface area (TPSA) is 66.9 Å². The van der Waals surface area contributed by atoms with Gasteiger partial charge in [0.2, 0.25) is 11.8 Å². The molecule has 0 bridgehead atoms. The molecule has 2 amide bonds. The third-order valence-corrected chi connectivity index (χ3v) is 7.97. The second-order valence-corrected chi connectivity index (χ2v) is 12.0. The van der Waals surface area contributed by atoms with Gasteiger partial charge in [0, 0.05) is 24.4 Å². The summed E-state index contributed by atoms with van der Waals surface area (Å²) in [5.74, 6) is 6.27. The van der Waals surface area contributed by atoms with Crippen LogP contribution in [0.3, 0.4) is 0 Å². The number of amides is 2. The molecular weight excluding hydrogens is 460 g/mol. The normalized spacial score (nSPS) is 23.2. The van der Waals surface area contributed by atoms with Gasteiger partial charge in [0.25, 0.3) is 0 Å². The molecule has 1 saturated carbocycles. The van der Waals surface area contributed by atoms with Crippen LogP contribution in [-0.4, -0.2) is 48.9 Å². The van der Waals surface area contributed by atoms with Crippen molar-refractivity contribution >= 4 is 34.8 Å². The van der Waals surface area contributed by atoms with E-state index in [4.69, 9.17) is 4.74 Å². The van der Waals surface area contributed by atoms with E-state index in [-0.39, 0.29) is 23.1 Å². The predicted molar refractivity (Wildman–Crippen MR) is 140 cm³/mol. The maximum absolute atomic E-state index is 14.1. The Morgan fingerprint density at radius 3 is 2.46 bits per heavy atom. The molecule has 1 aromatic rings. The second-order valence-electron chi connectivity index (χ2n) is 10.9. The Kier molecular flexibility index (Phi) is 9.04. The van der Waals surface area contributed by atoms with Crippen LogP contribution in [0.4, 0.5) is 5.69 Å². The molecule has 1 aliphatic heterocycles. The highest BCUT2D eigenvalue weighted by molar-refractivity contribution is 7.15. The minimum atomic E-state index is -0.620. The first-order chi connectivity index (χ1) is 16.6. The highest BCUT2D eigenvalue weighted by Crippen LogP contribution is 2.38. The summed E-state index contributed by atoms with van der Waals surface area (Å²) in [5.41, 5.74) is 0.267. The Labute approximate surface area is 214 Å². The second kappa shape index (κ2) is 11.6. The van der Waals surface area contributed by atoms with Gasteiger partial charge in [-0.2, -0.15) is 0 Å². The molecule has 0 spiro atoms. The Morgan fingerprint density at radius 2 is 1.86 bits per heavy atom. The molecule has 0 aromatic carbocycles. The molecule has 6 nitrogen and oxygen atoms in total. The van der Waals surface area contributed by atoms with Crippen molar-refractivity contribution in [2.75, 3.05) is 25.1 Å². The number of carbonyl (C=O) groups excluding carboxylic acids is 3. The average molecular weight is 501 g/mol. The largest absolute Gasteiger partial charge is 0.465 e. The molecule has 3 rings (SSSR count). The van der Waals surface area contributed by atoms with Crippen LogP contribution >= 0.6 is 11.3 Å². The van der Waals surface area contributed by atoms with Gasteiger partial charge in [0.15, 0.2) is 0 Å². The van der Waals surface area contributed by atoms with E-state index in [0.717, 1.165) is 38.5 Å². The van der Waals surface area contributed by atoms with Crippen LogP contribution in [0, 0.1) is 29.1 Å². The van der Waals surface area contributed by atoms with Crippen LogP contribution in [0.15, 0.2) is 6.07 Å². The number of likely N-dealkylation sites (N-methyl/N-ethyl adjacent to an activating group) is 1. The van der Waals surface area contributed by atoms with E-state index in [9.17, 15) is 14.4 Å². The number of hydrogen-bond donors (Lipinski definition) is 0. The van der Waals surface area contributed by atoms with Crippen molar-refractivity contribution in [3.05, 3.63) is 15.8 Å². The molecule has 1 atom stereocenters. The van der Waals surface area contributed by atoms with Gasteiger partial charge < -0.3 is 9.64 Å². The SMILES string of the molecule is CCN1CCCC[C@@H](N(c2cc(C#CC(C)(C)C)sc2C(=O)OC)C(=O)[C@H]2CC[C@H](C)CC2)C1=O. The van der Waals surface area contributed by atoms with Crippen molar-refractivity contribution in [1.82, 2.24) is 4.90 Å². The van der Waals surface area contributed by atoms with Gasteiger partial charge in [-0.1, -0.05) is 18.8 Å². The molecule has 0 N–H and O–H groups in total. The molecule has 1 aromatic heterocycles. The first-order valence-corrected chi connectivity index (χ1v) is 13.7. The minimum absolute atomic E-state index is 0.0353. The number of nitrogens with zero attached hydrogens (tertiary/aromatic N) is 2. The zero-order valence-corrected chi connectivity index (χ0v) is 22.9. The van der Waals surface area contributed by atoms with Crippen LogP contribution in [0.25, 0.3) is 0 Å². The molecule has 2 fully saturated rings. The number of thiophene rings is 1. The molecule has 1 aliphatic carbocycles. The number of carbonyl (C=O) groups is 3. The molecule has 0 unspecified atom stereocenters. The van der Waals surface area contributed by atoms with Crippen molar-refractivity contribution in [1.29, 1.82) is 0 Å². The highest BCUT2D eigenvalue weighted by Gasteiger charge is 2.40. The van der Waals surface area contributed by atoms with Crippen LogP contribution in [0.5, 0.6) is 0 Å². The maximum atomic E-state index is 14.1. The summed E-state index contributed by atoms with van der Waals surface area (Å²) in [4.78, 5) is 45.1. The lowest BCUT2D eigenvalue weighted by Crippen LogP contribution is -2.52. The summed E-state index contributed by atoms with van der Waals surface area (Å²) in [6, 6.07) is 1.19. The van der Waals surface area contributed by atoms with Crippen LogP contribution in [0.1, 0.15) is 94.1 Å². The van der Waals surface area contributed by atoms with Crippen LogP contribution < -0.4 is 4.90 Å². The lowest BCUT2D eigenvalue weighted by molar-refractivity contribution is -0.135. The molecular formula is C28H40N2O4S. The lowest BCUT2D eigenvalue weighted by atomic mass is 9.82. The number of rotatable bonds is 5. The predicted octanol–water partition coefficient (Wildman–Crippen LogP) is 5.49. The summed E-state index contributed by atoms with van der Waals surface area (Å²) >= 11 is 1.24. The van der Waals surface area contributed by atoms with E-state index in [0.29, 0.717) is 40.9 Å². The number of likely N-dealkylation sites (tertiary alicyclic amines) is 1. The summed E-state index contributed by atoms with van der Waals surface area (Å²) < 4.78 is 5.10. The monoisotopic (exact) mass is 500 g/mol. The zero-order chi connectivity index (χ0) is 25.8. The molecule has 7 heteroatoms. The fraction of sp³-hybridized carbons (Fsp3) is 0.679. The van der Waals surface area contributed by atoms with E-state index in [1.54, 1.807) is 4.90 Å². The van der Waals surface area contributed by atoms with Crippen molar-refractivity contribution < 1.29 is 19.1 Å². The van der Waals surface area contributed by atoms with Crippen LogP contribution in [0.2, 0.25) is 0 Å². The van der Waals surface area contributed by atoms with Gasteiger partial charge in [-0.25, -0.2) is 4.79 Å². The van der Waals surface area contributed by atoms with E-state index >= 15 is 0 Å². The molecule has 192 valence electrons. The van der Waals surface area contributed by atoms with Crippen LogP contribution in [-0.2, 0) is 14.3 Å². The number of methoxy groups -OCH3 is 1. The summed E-state index contributed by atoms with van der Waals surface area (Å²) in [7, 11) is 1.34. The molecule has 35 heavy (non-hydrogen) atoms. The number of hydrogen-bond acceptors (Lipinski definition) is 5. The Morgan fingerprint density at radius 1 is 1.17 bits per heavy atom. The molecule has 1 saturated heterocycles. The first-order valence-electron chi connectivity index (χ1n) is 12.9. The van der Waals surface area contributed by atoms with Crippen molar-refractivity contribution in [2.45, 2.75) is 85.6 Å². The number of anilines is 1. The van der Waals surface area contributed by atoms with Crippen molar-refractivity contribution in [3.8, 4) is 11.8 Å².